The van der Waals surface area contributed by atoms with Gasteiger partial charge in [0, 0.05) is 39.3 Å². The topological polar surface area (TPSA) is 53.6 Å². The number of amides is 1. The maximum Gasteiger partial charge on any atom is 0.255 e. The van der Waals surface area contributed by atoms with E-state index in [1.54, 1.807) is 26.3 Å². The minimum Gasteiger partial charge on any atom is -0.496 e. The number of ether oxygens (including phenoxy) is 1. The van der Waals surface area contributed by atoms with Crippen LogP contribution in [0, 0.1) is 11.8 Å². The van der Waals surface area contributed by atoms with Crippen molar-refractivity contribution < 1.29 is 9.53 Å². The van der Waals surface area contributed by atoms with Crippen LogP contribution in [0.15, 0.2) is 42.5 Å². The number of nitrogens with one attached hydrogen (secondary N) is 2. The molecule has 28 heavy (non-hydrogen) atoms. The van der Waals surface area contributed by atoms with E-state index in [0.717, 1.165) is 25.3 Å². The minimum atomic E-state index is -0.157. The largest absolute Gasteiger partial charge is 0.496 e. The summed E-state index contributed by atoms with van der Waals surface area (Å²) in [7, 11) is 3.34. The van der Waals surface area contributed by atoms with Gasteiger partial charge < -0.3 is 15.4 Å². The maximum atomic E-state index is 12.7. The molecule has 5 nitrogen and oxygen atoms in total. The first-order chi connectivity index (χ1) is 13.5. The number of carbonyl (C=O) groups is 1. The van der Waals surface area contributed by atoms with Crippen molar-refractivity contribution in [2.75, 3.05) is 39.1 Å². The number of nitrogens with zero attached hydrogens (tertiary/aromatic N) is 1. The molecule has 2 aromatic rings. The molecular weight excluding hydrogens is 374 g/mol. The van der Waals surface area contributed by atoms with Crippen LogP contribution in [0.5, 0.6) is 5.75 Å². The number of likely N-dealkylation sites (tertiary alicyclic amines) is 1. The van der Waals surface area contributed by atoms with Gasteiger partial charge in [0.2, 0.25) is 0 Å². The van der Waals surface area contributed by atoms with E-state index in [4.69, 9.17) is 16.3 Å². The van der Waals surface area contributed by atoms with Gasteiger partial charge in [0.25, 0.3) is 5.91 Å². The first-order valence-electron chi connectivity index (χ1n) is 9.61. The van der Waals surface area contributed by atoms with E-state index in [1.807, 2.05) is 6.07 Å². The molecule has 1 aliphatic rings. The molecular formula is C22H28ClN3O2. The molecule has 1 fully saturated rings. The van der Waals surface area contributed by atoms with Crippen molar-refractivity contribution in [3.05, 3.63) is 58.6 Å². The standard InChI is InChI=1S/C22H28ClN3O2/c1-15-12-26(13-16-7-5-4-6-8-16)14-17(15)11-25-22(27)18-9-19(23)20(24-2)10-21(18)28-3/h4-10,15,17,24H,11-14H2,1-3H3,(H,25,27)/t15-,17+/m0/s1. The van der Waals surface area contributed by atoms with E-state index < -0.39 is 0 Å². The summed E-state index contributed by atoms with van der Waals surface area (Å²) in [5, 5.41) is 6.56. The molecule has 1 saturated heterocycles. The predicted molar refractivity (Wildman–Crippen MR) is 114 cm³/mol. The van der Waals surface area contributed by atoms with Crippen LogP contribution in [0.4, 0.5) is 5.69 Å². The third-order valence-corrected chi connectivity index (χ3v) is 5.73. The van der Waals surface area contributed by atoms with E-state index in [0.29, 0.717) is 34.7 Å². The van der Waals surface area contributed by atoms with Gasteiger partial charge in [-0.05, 0) is 23.5 Å². The summed E-state index contributed by atoms with van der Waals surface area (Å²) in [5.74, 6) is 1.30. The lowest BCUT2D eigenvalue weighted by molar-refractivity contribution is 0.0942. The van der Waals surface area contributed by atoms with Crippen LogP contribution in [-0.2, 0) is 6.54 Å². The number of carbonyl (C=O) groups excluding carboxylic acids is 1. The first-order valence-corrected chi connectivity index (χ1v) is 9.99. The number of anilines is 1. The number of halogens is 1. The molecule has 2 aromatic carbocycles. The SMILES string of the molecule is CNc1cc(OC)c(C(=O)NC[C@@H]2CN(Cc3ccccc3)C[C@@H]2C)cc1Cl. The highest BCUT2D eigenvalue weighted by Crippen LogP contribution is 2.31. The average molecular weight is 402 g/mol. The molecule has 0 aromatic heterocycles. The summed E-state index contributed by atoms with van der Waals surface area (Å²) in [6.07, 6.45) is 0. The van der Waals surface area contributed by atoms with E-state index in [9.17, 15) is 4.79 Å². The van der Waals surface area contributed by atoms with Gasteiger partial charge in [-0.15, -0.1) is 0 Å². The van der Waals surface area contributed by atoms with Crippen LogP contribution >= 0.6 is 11.6 Å². The molecule has 2 atom stereocenters. The molecule has 0 radical (unpaired) electrons. The van der Waals surface area contributed by atoms with Crippen LogP contribution in [0.2, 0.25) is 5.02 Å². The Hall–Kier alpha value is -2.24. The van der Waals surface area contributed by atoms with Crippen molar-refractivity contribution in [1.82, 2.24) is 10.2 Å². The van der Waals surface area contributed by atoms with Crippen LogP contribution in [0.1, 0.15) is 22.8 Å². The second-order valence-corrected chi connectivity index (χ2v) is 7.82. The van der Waals surface area contributed by atoms with Gasteiger partial charge in [-0.1, -0.05) is 48.9 Å². The highest BCUT2D eigenvalue weighted by molar-refractivity contribution is 6.33. The maximum absolute atomic E-state index is 12.7. The van der Waals surface area contributed by atoms with Crippen LogP contribution in [-0.4, -0.2) is 44.6 Å². The quantitative estimate of drug-likeness (QED) is 0.739. The van der Waals surface area contributed by atoms with E-state index in [1.165, 1.54) is 5.56 Å². The van der Waals surface area contributed by atoms with Crippen molar-refractivity contribution in [2.24, 2.45) is 11.8 Å². The zero-order chi connectivity index (χ0) is 20.1. The van der Waals surface area contributed by atoms with E-state index in [-0.39, 0.29) is 5.91 Å². The Bertz CT molecular complexity index is 813. The van der Waals surface area contributed by atoms with E-state index in [2.05, 4.69) is 46.7 Å². The van der Waals surface area contributed by atoms with Gasteiger partial charge in [-0.2, -0.15) is 0 Å². The Balaban J connectivity index is 1.59. The van der Waals surface area contributed by atoms with E-state index >= 15 is 0 Å². The molecule has 0 saturated carbocycles. The summed E-state index contributed by atoms with van der Waals surface area (Å²) in [4.78, 5) is 15.2. The molecule has 1 amide bonds. The minimum absolute atomic E-state index is 0.157. The van der Waals surface area contributed by atoms with Crippen molar-refractivity contribution >= 4 is 23.2 Å². The van der Waals surface area contributed by atoms with Gasteiger partial charge in [0.15, 0.2) is 0 Å². The monoisotopic (exact) mass is 401 g/mol. The van der Waals surface area contributed by atoms with Crippen molar-refractivity contribution in [3.63, 3.8) is 0 Å². The fraction of sp³-hybridized carbons (Fsp3) is 0.409. The second kappa shape index (κ2) is 9.30. The Morgan fingerprint density at radius 2 is 2.00 bits per heavy atom. The Kier molecular flexibility index (Phi) is 6.81. The summed E-state index contributed by atoms with van der Waals surface area (Å²) in [6, 6.07) is 13.9. The second-order valence-electron chi connectivity index (χ2n) is 7.41. The number of benzene rings is 2. The van der Waals surface area contributed by atoms with Crippen LogP contribution in [0.25, 0.3) is 0 Å². The fourth-order valence-corrected chi connectivity index (χ4v) is 4.05. The predicted octanol–water partition coefficient (Wildman–Crippen LogP) is 3.89. The lowest BCUT2D eigenvalue weighted by Gasteiger charge is -2.17. The van der Waals surface area contributed by atoms with Crippen LogP contribution < -0.4 is 15.4 Å². The van der Waals surface area contributed by atoms with Gasteiger partial charge in [0.05, 0.1) is 23.4 Å². The first kappa shape index (κ1) is 20.5. The zero-order valence-corrected chi connectivity index (χ0v) is 17.4. The molecule has 3 rings (SSSR count). The molecule has 150 valence electrons. The third-order valence-electron chi connectivity index (χ3n) is 5.42. The van der Waals surface area contributed by atoms with Crippen LogP contribution in [0.3, 0.4) is 0 Å². The van der Waals surface area contributed by atoms with Gasteiger partial charge in [0.1, 0.15) is 5.75 Å². The smallest absolute Gasteiger partial charge is 0.255 e. The molecule has 0 unspecified atom stereocenters. The van der Waals surface area contributed by atoms with Gasteiger partial charge >= 0.3 is 0 Å². The molecule has 0 spiro atoms. The summed E-state index contributed by atoms with van der Waals surface area (Å²) in [5.41, 5.74) is 2.51. The summed E-state index contributed by atoms with van der Waals surface area (Å²) < 4.78 is 5.37. The van der Waals surface area contributed by atoms with Crippen molar-refractivity contribution in [2.45, 2.75) is 13.5 Å². The highest BCUT2D eigenvalue weighted by Gasteiger charge is 2.30. The number of rotatable bonds is 7. The fourth-order valence-electron chi connectivity index (χ4n) is 3.79. The molecule has 0 bridgehead atoms. The summed E-state index contributed by atoms with van der Waals surface area (Å²) >= 11 is 6.24. The summed E-state index contributed by atoms with van der Waals surface area (Å²) in [6.45, 7) is 5.86. The lowest BCUT2D eigenvalue weighted by Crippen LogP contribution is -2.32. The normalized spacial score (nSPS) is 19.4. The molecule has 2 N–H and O–H groups in total. The van der Waals surface area contributed by atoms with Gasteiger partial charge in [-0.25, -0.2) is 0 Å². The Morgan fingerprint density at radius 1 is 1.25 bits per heavy atom. The Morgan fingerprint density at radius 3 is 2.68 bits per heavy atom. The number of methoxy groups -OCH3 is 1. The van der Waals surface area contributed by atoms with Crippen molar-refractivity contribution in [3.8, 4) is 5.75 Å². The number of hydrogen-bond donors (Lipinski definition) is 2. The third kappa shape index (κ3) is 4.78. The molecule has 0 aliphatic carbocycles. The highest BCUT2D eigenvalue weighted by atomic mass is 35.5. The molecule has 6 heteroatoms. The lowest BCUT2D eigenvalue weighted by atomic mass is 9.98. The Labute approximate surface area is 172 Å². The number of hydrogen-bond acceptors (Lipinski definition) is 4. The van der Waals surface area contributed by atoms with Gasteiger partial charge in [-0.3, -0.25) is 9.69 Å². The average Bonchev–Trinajstić information content (AvgIpc) is 3.05. The molecule has 1 aliphatic heterocycles. The molecule has 1 heterocycles. The zero-order valence-electron chi connectivity index (χ0n) is 16.7. The van der Waals surface area contributed by atoms with Crippen molar-refractivity contribution in [1.29, 1.82) is 0 Å².